The number of alkyl halides is 2. The minimum absolute atomic E-state index is 0.0365. The van der Waals surface area contributed by atoms with Crippen LogP contribution < -0.4 is 5.32 Å². The lowest BCUT2D eigenvalue weighted by Crippen LogP contribution is -2.16. The van der Waals surface area contributed by atoms with Gasteiger partial charge in [0.25, 0.3) is 6.43 Å². The fraction of sp³-hybridized carbons (Fsp3) is 0.455. The number of nitrogens with one attached hydrogen (secondary N) is 1. The van der Waals surface area contributed by atoms with Crippen LogP contribution in [-0.4, -0.2) is 42.2 Å². The van der Waals surface area contributed by atoms with Gasteiger partial charge >= 0.3 is 5.97 Å². The molecule has 0 atom stereocenters. The molecule has 1 aromatic heterocycles. The molecule has 0 aliphatic carbocycles. The SMILES string of the molecule is Cc1ccc(C(=O)O)c(NCCOCC(F)F)n1. The molecule has 7 heteroatoms. The van der Waals surface area contributed by atoms with E-state index in [1.165, 1.54) is 6.07 Å². The molecule has 0 bridgehead atoms. The molecule has 0 aliphatic heterocycles. The first-order chi connectivity index (χ1) is 8.50. The summed E-state index contributed by atoms with van der Waals surface area (Å²) in [5.74, 6) is -0.887. The summed E-state index contributed by atoms with van der Waals surface area (Å²) in [7, 11) is 0. The van der Waals surface area contributed by atoms with Crippen molar-refractivity contribution in [2.45, 2.75) is 13.3 Å². The van der Waals surface area contributed by atoms with E-state index in [4.69, 9.17) is 5.11 Å². The maximum absolute atomic E-state index is 11.8. The molecule has 18 heavy (non-hydrogen) atoms. The number of aromatic nitrogens is 1. The van der Waals surface area contributed by atoms with Gasteiger partial charge in [-0.25, -0.2) is 18.6 Å². The summed E-state index contributed by atoms with van der Waals surface area (Å²) in [5.41, 5.74) is 0.699. The second kappa shape index (κ2) is 6.85. The Hall–Kier alpha value is -1.76. The average molecular weight is 260 g/mol. The third-order valence-electron chi connectivity index (χ3n) is 2.05. The van der Waals surface area contributed by atoms with Crippen molar-refractivity contribution >= 4 is 11.8 Å². The quantitative estimate of drug-likeness (QED) is 0.731. The molecule has 1 heterocycles. The maximum atomic E-state index is 11.8. The number of aromatic carboxylic acids is 1. The normalized spacial score (nSPS) is 10.7. The van der Waals surface area contributed by atoms with Crippen molar-refractivity contribution in [3.8, 4) is 0 Å². The number of carboxylic acids is 1. The summed E-state index contributed by atoms with van der Waals surface area (Å²) in [6.45, 7) is 1.36. The van der Waals surface area contributed by atoms with Gasteiger partial charge in [-0.2, -0.15) is 0 Å². The van der Waals surface area contributed by atoms with Crippen molar-refractivity contribution in [2.75, 3.05) is 25.1 Å². The Morgan fingerprint density at radius 3 is 2.89 bits per heavy atom. The summed E-state index contributed by atoms with van der Waals surface area (Å²) in [5, 5.41) is 11.7. The van der Waals surface area contributed by atoms with Crippen LogP contribution in [0.4, 0.5) is 14.6 Å². The number of hydrogen-bond donors (Lipinski definition) is 2. The second-order valence-electron chi connectivity index (χ2n) is 3.55. The van der Waals surface area contributed by atoms with E-state index in [0.29, 0.717) is 5.69 Å². The molecule has 0 radical (unpaired) electrons. The fourth-order valence-electron chi connectivity index (χ4n) is 1.28. The van der Waals surface area contributed by atoms with Gasteiger partial charge in [-0.3, -0.25) is 0 Å². The van der Waals surface area contributed by atoms with Crippen molar-refractivity contribution in [1.82, 2.24) is 4.98 Å². The van der Waals surface area contributed by atoms with E-state index in [2.05, 4.69) is 15.0 Å². The summed E-state index contributed by atoms with van der Waals surface area (Å²) in [6, 6.07) is 3.02. The topological polar surface area (TPSA) is 71.5 Å². The van der Waals surface area contributed by atoms with Gasteiger partial charge in [0.05, 0.1) is 6.61 Å². The molecule has 0 amide bonds. The predicted octanol–water partition coefficient (Wildman–Crippen LogP) is 1.78. The highest BCUT2D eigenvalue weighted by Crippen LogP contribution is 2.13. The van der Waals surface area contributed by atoms with Crippen LogP contribution in [0.25, 0.3) is 0 Å². The Morgan fingerprint density at radius 2 is 2.28 bits per heavy atom. The van der Waals surface area contributed by atoms with E-state index in [-0.39, 0.29) is 24.5 Å². The smallest absolute Gasteiger partial charge is 0.339 e. The number of carbonyl (C=O) groups is 1. The van der Waals surface area contributed by atoms with E-state index in [1.807, 2.05) is 0 Å². The van der Waals surface area contributed by atoms with E-state index in [0.717, 1.165) is 0 Å². The zero-order valence-electron chi connectivity index (χ0n) is 9.82. The van der Waals surface area contributed by atoms with Gasteiger partial charge in [0, 0.05) is 12.2 Å². The Kier molecular flexibility index (Phi) is 5.44. The van der Waals surface area contributed by atoms with Crippen molar-refractivity contribution in [3.05, 3.63) is 23.4 Å². The number of halogens is 2. The molecule has 0 saturated carbocycles. The minimum Gasteiger partial charge on any atom is -0.478 e. The van der Waals surface area contributed by atoms with Crippen molar-refractivity contribution in [2.24, 2.45) is 0 Å². The first-order valence-corrected chi connectivity index (χ1v) is 5.31. The summed E-state index contributed by atoms with van der Waals surface area (Å²) in [6.07, 6.45) is -2.50. The molecule has 2 N–H and O–H groups in total. The van der Waals surface area contributed by atoms with Crippen LogP contribution in [0.2, 0.25) is 0 Å². The maximum Gasteiger partial charge on any atom is 0.339 e. The molecule has 1 aromatic rings. The van der Waals surface area contributed by atoms with Gasteiger partial charge < -0.3 is 15.2 Å². The number of hydrogen-bond acceptors (Lipinski definition) is 4. The van der Waals surface area contributed by atoms with Gasteiger partial charge in [-0.1, -0.05) is 0 Å². The van der Waals surface area contributed by atoms with Crippen LogP contribution in [0.5, 0.6) is 0 Å². The Balaban J connectivity index is 2.50. The highest BCUT2D eigenvalue weighted by Gasteiger charge is 2.11. The molecule has 100 valence electrons. The highest BCUT2D eigenvalue weighted by atomic mass is 19.3. The lowest BCUT2D eigenvalue weighted by Gasteiger charge is -2.09. The summed E-state index contributed by atoms with van der Waals surface area (Å²) in [4.78, 5) is 14.9. The van der Waals surface area contributed by atoms with Crippen LogP contribution in [0, 0.1) is 6.92 Å². The predicted molar refractivity (Wildman–Crippen MR) is 61.2 cm³/mol. The van der Waals surface area contributed by atoms with E-state index in [9.17, 15) is 13.6 Å². The van der Waals surface area contributed by atoms with E-state index >= 15 is 0 Å². The van der Waals surface area contributed by atoms with Crippen molar-refractivity contribution < 1.29 is 23.4 Å². The van der Waals surface area contributed by atoms with Crippen LogP contribution >= 0.6 is 0 Å². The molecule has 0 saturated heterocycles. The number of carboxylic acid groups (broad SMARTS) is 1. The van der Waals surface area contributed by atoms with Gasteiger partial charge in [0.15, 0.2) is 0 Å². The molecule has 1 rings (SSSR count). The van der Waals surface area contributed by atoms with Crippen molar-refractivity contribution in [1.29, 1.82) is 0 Å². The number of nitrogens with zero attached hydrogens (tertiary/aromatic N) is 1. The molecule has 0 aromatic carbocycles. The molecule has 0 fully saturated rings. The van der Waals surface area contributed by atoms with Gasteiger partial charge in [0.1, 0.15) is 18.0 Å². The zero-order valence-corrected chi connectivity index (χ0v) is 9.82. The largest absolute Gasteiger partial charge is 0.478 e. The second-order valence-corrected chi connectivity index (χ2v) is 3.55. The van der Waals surface area contributed by atoms with Gasteiger partial charge in [-0.05, 0) is 19.1 Å². The lowest BCUT2D eigenvalue weighted by molar-refractivity contribution is 0.0215. The van der Waals surface area contributed by atoms with E-state index in [1.54, 1.807) is 13.0 Å². The Morgan fingerprint density at radius 1 is 1.56 bits per heavy atom. The molecule has 0 aliphatic rings. The average Bonchev–Trinajstić information content (AvgIpc) is 2.27. The Bertz CT molecular complexity index is 413. The lowest BCUT2D eigenvalue weighted by atomic mass is 10.2. The van der Waals surface area contributed by atoms with Crippen LogP contribution in [0.1, 0.15) is 16.1 Å². The molecular weight excluding hydrogens is 246 g/mol. The first kappa shape index (κ1) is 14.3. The number of rotatable bonds is 7. The summed E-state index contributed by atoms with van der Waals surface area (Å²) >= 11 is 0. The Labute approximate surface area is 103 Å². The standard InChI is InChI=1S/C11H14F2N2O3/c1-7-2-3-8(11(16)17)10(15-7)14-4-5-18-6-9(12)13/h2-3,9H,4-6H2,1H3,(H,14,15)(H,16,17). The van der Waals surface area contributed by atoms with E-state index < -0.39 is 19.0 Å². The van der Waals surface area contributed by atoms with Gasteiger partial charge in [-0.15, -0.1) is 0 Å². The van der Waals surface area contributed by atoms with Crippen LogP contribution in [0.15, 0.2) is 12.1 Å². The minimum atomic E-state index is -2.50. The number of ether oxygens (including phenoxy) is 1. The van der Waals surface area contributed by atoms with Gasteiger partial charge in [0.2, 0.25) is 0 Å². The molecule has 0 spiro atoms. The monoisotopic (exact) mass is 260 g/mol. The van der Waals surface area contributed by atoms with Crippen LogP contribution in [-0.2, 0) is 4.74 Å². The molecule has 5 nitrogen and oxygen atoms in total. The highest BCUT2D eigenvalue weighted by molar-refractivity contribution is 5.93. The fourth-order valence-corrected chi connectivity index (χ4v) is 1.28. The number of pyridine rings is 1. The molecular formula is C11H14F2N2O3. The first-order valence-electron chi connectivity index (χ1n) is 5.31. The van der Waals surface area contributed by atoms with Crippen LogP contribution in [0.3, 0.4) is 0 Å². The third kappa shape index (κ3) is 4.62. The molecule has 0 unspecified atom stereocenters. The summed E-state index contributed by atoms with van der Waals surface area (Å²) < 4.78 is 28.2. The number of aryl methyl sites for hydroxylation is 1. The number of anilines is 1. The third-order valence-corrected chi connectivity index (χ3v) is 2.05. The zero-order chi connectivity index (χ0) is 13.5. The van der Waals surface area contributed by atoms with Crippen molar-refractivity contribution in [3.63, 3.8) is 0 Å².